The number of hydrogen-bond acceptors (Lipinski definition) is 3. The summed E-state index contributed by atoms with van der Waals surface area (Å²) in [5, 5.41) is 8.88. The molecule has 0 bridgehead atoms. The molecule has 1 aromatic rings. The van der Waals surface area contributed by atoms with Crippen LogP contribution in [0.1, 0.15) is 23.2 Å². The van der Waals surface area contributed by atoms with Crippen molar-refractivity contribution in [2.24, 2.45) is 0 Å². The number of carbonyl (C=O) groups is 1. The molecule has 0 spiro atoms. The fourth-order valence-corrected chi connectivity index (χ4v) is 3.79. The molecule has 1 aliphatic carbocycles. The third kappa shape index (κ3) is 3.23. The largest absolute Gasteiger partial charge is 0.478 e. The minimum Gasteiger partial charge on any atom is -0.478 e. The lowest BCUT2D eigenvalue weighted by molar-refractivity contribution is 0.0695. The Balaban J connectivity index is 2.28. The van der Waals surface area contributed by atoms with Gasteiger partial charge in [0.1, 0.15) is 0 Å². The molecule has 0 aromatic heterocycles. The Bertz CT molecular complexity index is 639. The number of rotatable bonds is 4. The molecule has 1 atom stereocenters. The summed E-state index contributed by atoms with van der Waals surface area (Å²) in [6, 6.07) is 3.66. The van der Waals surface area contributed by atoms with Crippen LogP contribution in [-0.4, -0.2) is 25.5 Å². The molecule has 0 heterocycles. The number of sulfonamides is 1. The summed E-state index contributed by atoms with van der Waals surface area (Å²) >= 11 is 3.07. The van der Waals surface area contributed by atoms with Crippen LogP contribution in [0.4, 0.5) is 0 Å². The molecular weight excluding hydrogens is 334 g/mol. The van der Waals surface area contributed by atoms with Crippen LogP contribution in [0.2, 0.25) is 0 Å². The predicted molar refractivity (Wildman–Crippen MR) is 73.6 cm³/mol. The van der Waals surface area contributed by atoms with Crippen molar-refractivity contribution in [1.82, 2.24) is 4.72 Å². The maximum Gasteiger partial charge on any atom is 0.336 e. The van der Waals surface area contributed by atoms with Gasteiger partial charge in [-0.25, -0.2) is 17.9 Å². The van der Waals surface area contributed by atoms with Crippen LogP contribution >= 0.6 is 15.9 Å². The third-order valence-corrected chi connectivity index (χ3v) is 4.94. The molecule has 19 heavy (non-hydrogen) atoms. The number of carboxylic acid groups (broad SMARTS) is 1. The van der Waals surface area contributed by atoms with E-state index in [9.17, 15) is 13.2 Å². The number of benzene rings is 1. The molecule has 5 nitrogen and oxygen atoms in total. The van der Waals surface area contributed by atoms with Crippen LogP contribution in [0, 0.1) is 0 Å². The van der Waals surface area contributed by atoms with Gasteiger partial charge in [-0.3, -0.25) is 0 Å². The Morgan fingerprint density at radius 1 is 1.42 bits per heavy atom. The minimum absolute atomic E-state index is 0.0275. The van der Waals surface area contributed by atoms with Gasteiger partial charge in [-0.2, -0.15) is 0 Å². The van der Waals surface area contributed by atoms with Gasteiger partial charge in [-0.1, -0.05) is 12.2 Å². The van der Waals surface area contributed by atoms with Crippen molar-refractivity contribution in [3.05, 3.63) is 40.4 Å². The van der Waals surface area contributed by atoms with E-state index in [2.05, 4.69) is 20.7 Å². The average molecular weight is 346 g/mol. The highest BCUT2D eigenvalue weighted by Crippen LogP contribution is 2.22. The first kappa shape index (κ1) is 14.2. The van der Waals surface area contributed by atoms with Gasteiger partial charge in [0.05, 0.1) is 10.5 Å². The second-order valence-corrected chi connectivity index (χ2v) is 6.75. The van der Waals surface area contributed by atoms with E-state index >= 15 is 0 Å². The lowest BCUT2D eigenvalue weighted by Crippen LogP contribution is -2.32. The maximum atomic E-state index is 12.1. The Hall–Kier alpha value is -1.18. The van der Waals surface area contributed by atoms with Gasteiger partial charge in [-0.15, -0.1) is 0 Å². The Kier molecular flexibility index (Phi) is 4.07. The summed E-state index contributed by atoms with van der Waals surface area (Å²) < 4.78 is 27.0. The highest BCUT2D eigenvalue weighted by Gasteiger charge is 2.21. The second kappa shape index (κ2) is 5.44. The smallest absolute Gasteiger partial charge is 0.336 e. The number of aromatic carboxylic acids is 1. The SMILES string of the molecule is O=C(O)c1ccc(S(=O)(=O)NC2C=CCC2)cc1Br. The molecule has 2 N–H and O–H groups in total. The van der Waals surface area contributed by atoms with E-state index in [0.29, 0.717) is 0 Å². The van der Waals surface area contributed by atoms with E-state index in [1.54, 1.807) is 0 Å². The monoisotopic (exact) mass is 345 g/mol. The van der Waals surface area contributed by atoms with Crippen molar-refractivity contribution in [3.63, 3.8) is 0 Å². The maximum absolute atomic E-state index is 12.1. The molecule has 0 amide bonds. The van der Waals surface area contributed by atoms with Crippen LogP contribution in [0.15, 0.2) is 39.7 Å². The summed E-state index contributed by atoms with van der Waals surface area (Å²) in [6.07, 6.45) is 5.34. The Morgan fingerprint density at radius 2 is 2.16 bits per heavy atom. The molecule has 1 aromatic carbocycles. The Labute approximate surface area is 119 Å². The summed E-state index contributed by atoms with van der Waals surface area (Å²) in [5.41, 5.74) is 0.0275. The van der Waals surface area contributed by atoms with E-state index in [0.717, 1.165) is 12.8 Å². The minimum atomic E-state index is -3.63. The van der Waals surface area contributed by atoms with E-state index in [4.69, 9.17) is 5.11 Å². The molecule has 1 unspecified atom stereocenters. The van der Waals surface area contributed by atoms with E-state index in [1.165, 1.54) is 18.2 Å². The normalized spacial score (nSPS) is 18.7. The average Bonchev–Trinajstić information content (AvgIpc) is 2.80. The zero-order chi connectivity index (χ0) is 14.0. The van der Waals surface area contributed by atoms with Gasteiger partial charge < -0.3 is 5.11 Å². The molecule has 1 aliphatic rings. The third-order valence-electron chi connectivity index (χ3n) is 2.80. The van der Waals surface area contributed by atoms with Gasteiger partial charge in [0.25, 0.3) is 0 Å². The van der Waals surface area contributed by atoms with Crippen LogP contribution in [0.25, 0.3) is 0 Å². The molecule has 0 aliphatic heterocycles. The van der Waals surface area contributed by atoms with Crippen molar-refractivity contribution in [2.75, 3.05) is 0 Å². The highest BCUT2D eigenvalue weighted by atomic mass is 79.9. The van der Waals surface area contributed by atoms with Gasteiger partial charge >= 0.3 is 5.97 Å². The number of hydrogen-bond donors (Lipinski definition) is 2. The van der Waals surface area contributed by atoms with Crippen molar-refractivity contribution < 1.29 is 18.3 Å². The second-order valence-electron chi connectivity index (χ2n) is 4.18. The first-order chi connectivity index (χ1) is 8.90. The summed E-state index contributed by atoms with van der Waals surface area (Å²) in [4.78, 5) is 10.9. The number of carboxylic acids is 1. The fourth-order valence-electron chi connectivity index (χ4n) is 1.83. The number of nitrogens with one attached hydrogen (secondary N) is 1. The fraction of sp³-hybridized carbons (Fsp3) is 0.250. The van der Waals surface area contributed by atoms with E-state index in [-0.39, 0.29) is 21.0 Å². The molecule has 102 valence electrons. The molecule has 0 radical (unpaired) electrons. The van der Waals surface area contributed by atoms with Crippen LogP contribution < -0.4 is 4.72 Å². The molecule has 2 rings (SSSR count). The van der Waals surface area contributed by atoms with Gasteiger partial charge in [0.2, 0.25) is 10.0 Å². The van der Waals surface area contributed by atoms with E-state index in [1.807, 2.05) is 12.2 Å². The van der Waals surface area contributed by atoms with Crippen LogP contribution in [-0.2, 0) is 10.0 Å². The van der Waals surface area contributed by atoms with E-state index < -0.39 is 16.0 Å². The highest BCUT2D eigenvalue weighted by molar-refractivity contribution is 9.10. The summed E-state index contributed by atoms with van der Waals surface area (Å²) in [5.74, 6) is -1.11. The Morgan fingerprint density at radius 3 is 2.68 bits per heavy atom. The zero-order valence-corrected chi connectivity index (χ0v) is 12.2. The van der Waals surface area contributed by atoms with Gasteiger partial charge in [0.15, 0.2) is 0 Å². The lowest BCUT2D eigenvalue weighted by atomic mass is 10.2. The van der Waals surface area contributed by atoms with Crippen LogP contribution in [0.3, 0.4) is 0 Å². The van der Waals surface area contributed by atoms with Gasteiger partial charge in [0, 0.05) is 10.5 Å². The zero-order valence-electron chi connectivity index (χ0n) is 9.84. The first-order valence-electron chi connectivity index (χ1n) is 5.62. The van der Waals surface area contributed by atoms with Crippen molar-refractivity contribution in [2.45, 2.75) is 23.8 Å². The standard InChI is InChI=1S/C12H12BrNO4S/c13-11-7-9(5-6-10(11)12(15)16)19(17,18)14-8-3-1-2-4-8/h1,3,5-8,14H,2,4H2,(H,15,16). The molecule has 7 heteroatoms. The van der Waals surface area contributed by atoms with Crippen molar-refractivity contribution >= 4 is 31.9 Å². The topological polar surface area (TPSA) is 83.5 Å². The quantitative estimate of drug-likeness (QED) is 0.819. The predicted octanol–water partition coefficient (Wildman–Crippen LogP) is 2.14. The molecule has 0 fully saturated rings. The van der Waals surface area contributed by atoms with Crippen molar-refractivity contribution in [1.29, 1.82) is 0 Å². The number of halogens is 1. The molecule has 0 saturated heterocycles. The lowest BCUT2D eigenvalue weighted by Gasteiger charge is -2.12. The van der Waals surface area contributed by atoms with Crippen LogP contribution in [0.5, 0.6) is 0 Å². The number of allylic oxidation sites excluding steroid dienone is 1. The molecular formula is C12H12BrNO4S. The summed E-state index contributed by atoms with van der Waals surface area (Å²) in [6.45, 7) is 0. The summed E-state index contributed by atoms with van der Waals surface area (Å²) in [7, 11) is -3.63. The van der Waals surface area contributed by atoms with Crippen molar-refractivity contribution in [3.8, 4) is 0 Å². The molecule has 0 saturated carbocycles. The van der Waals surface area contributed by atoms with Gasteiger partial charge in [-0.05, 0) is 47.0 Å². The first-order valence-corrected chi connectivity index (χ1v) is 7.89.